The third-order valence-corrected chi connectivity index (χ3v) is 6.98. The van der Waals surface area contributed by atoms with Crippen molar-refractivity contribution < 1.29 is 22.4 Å². The van der Waals surface area contributed by atoms with Crippen molar-refractivity contribution in [1.82, 2.24) is 9.78 Å². The number of aryl methyl sites for hydroxylation is 1. The number of rotatable bonds is 6. The summed E-state index contributed by atoms with van der Waals surface area (Å²) >= 11 is 0. The zero-order chi connectivity index (χ0) is 19.8. The summed E-state index contributed by atoms with van der Waals surface area (Å²) in [4.78, 5) is 1.20. The number of aromatic nitrogens is 2. The number of methoxy groups -OCH3 is 1. The number of benzene rings is 1. The van der Waals surface area contributed by atoms with Crippen molar-refractivity contribution in [1.29, 1.82) is 0 Å². The molecule has 8 heteroatoms. The Morgan fingerprint density at radius 3 is 2.67 bits per heavy atom. The number of hydrogen-bond donors (Lipinski definition) is 1. The zero-order valence-corrected chi connectivity index (χ0v) is 17.1. The number of quaternary nitrogens is 1. The molecule has 0 saturated carbocycles. The summed E-state index contributed by atoms with van der Waals surface area (Å²) in [5.74, 6) is 0.295. The number of nitrogens with zero attached hydrogens (tertiary/aromatic N) is 2. The van der Waals surface area contributed by atoms with Crippen molar-refractivity contribution in [2.75, 3.05) is 25.7 Å². The van der Waals surface area contributed by atoms with E-state index in [0.717, 1.165) is 29.1 Å². The Kier molecular flexibility index (Phi) is 5.58. The highest BCUT2D eigenvalue weighted by molar-refractivity contribution is 7.91. The van der Waals surface area contributed by atoms with Crippen molar-refractivity contribution in [3.05, 3.63) is 46.5 Å². The van der Waals surface area contributed by atoms with Crippen molar-refractivity contribution in [2.45, 2.75) is 39.4 Å². The first-order valence-corrected chi connectivity index (χ1v) is 10.9. The molecule has 6 nitrogen and oxygen atoms in total. The average Bonchev–Trinajstić information content (AvgIpc) is 3.08. The van der Waals surface area contributed by atoms with Gasteiger partial charge in [0.15, 0.2) is 21.4 Å². The topological polar surface area (TPSA) is 65.6 Å². The van der Waals surface area contributed by atoms with Crippen LogP contribution in [0.1, 0.15) is 35.0 Å². The van der Waals surface area contributed by atoms with Crippen LogP contribution >= 0.6 is 0 Å². The third-order valence-electron chi connectivity index (χ3n) is 5.23. The first-order valence-electron chi connectivity index (χ1n) is 9.09. The third kappa shape index (κ3) is 4.32. The number of halogens is 1. The van der Waals surface area contributed by atoms with E-state index in [1.165, 1.54) is 18.1 Å². The molecule has 27 heavy (non-hydrogen) atoms. The maximum Gasteiger partial charge on any atom is 0.165 e. The molecule has 0 bridgehead atoms. The molecule has 1 aromatic heterocycles. The van der Waals surface area contributed by atoms with E-state index in [1.54, 1.807) is 6.07 Å². The molecule has 0 radical (unpaired) electrons. The normalized spacial score (nSPS) is 20.0. The monoisotopic (exact) mass is 396 g/mol. The molecule has 1 aromatic carbocycles. The largest absolute Gasteiger partial charge is 0.494 e. The lowest BCUT2D eigenvalue weighted by molar-refractivity contribution is -0.907. The second kappa shape index (κ2) is 7.59. The smallest absolute Gasteiger partial charge is 0.165 e. The SMILES string of the molecule is COc1ccc(C[NH+](C)Cc2c(C)nn([C@@H]3CCS(=O)(=O)C3)c2C)cc1F. The van der Waals surface area contributed by atoms with Gasteiger partial charge in [-0.25, -0.2) is 12.8 Å². The molecule has 148 valence electrons. The highest BCUT2D eigenvalue weighted by Crippen LogP contribution is 2.26. The molecule has 1 N–H and O–H groups in total. The van der Waals surface area contributed by atoms with E-state index < -0.39 is 9.84 Å². The van der Waals surface area contributed by atoms with E-state index in [1.807, 2.05) is 24.6 Å². The van der Waals surface area contributed by atoms with Gasteiger partial charge >= 0.3 is 0 Å². The second-order valence-electron chi connectivity index (χ2n) is 7.43. The zero-order valence-electron chi connectivity index (χ0n) is 16.3. The minimum Gasteiger partial charge on any atom is -0.494 e. The first-order chi connectivity index (χ1) is 12.7. The lowest BCUT2D eigenvalue weighted by Crippen LogP contribution is -3.06. The van der Waals surface area contributed by atoms with Gasteiger partial charge in [0.05, 0.1) is 43.0 Å². The van der Waals surface area contributed by atoms with E-state index >= 15 is 0 Å². The van der Waals surface area contributed by atoms with Gasteiger partial charge in [-0.15, -0.1) is 0 Å². The molecule has 2 aromatic rings. The number of hydrogen-bond acceptors (Lipinski definition) is 4. The van der Waals surface area contributed by atoms with Gasteiger partial charge in [0.25, 0.3) is 0 Å². The van der Waals surface area contributed by atoms with Crippen LogP contribution < -0.4 is 9.64 Å². The lowest BCUT2D eigenvalue weighted by Gasteiger charge is -2.16. The Balaban J connectivity index is 1.73. The van der Waals surface area contributed by atoms with E-state index in [9.17, 15) is 12.8 Å². The fourth-order valence-corrected chi connectivity index (χ4v) is 5.50. The summed E-state index contributed by atoms with van der Waals surface area (Å²) in [6.07, 6.45) is 0.623. The number of sulfone groups is 1. The van der Waals surface area contributed by atoms with E-state index in [0.29, 0.717) is 13.0 Å². The maximum atomic E-state index is 13.9. The maximum absolute atomic E-state index is 13.9. The van der Waals surface area contributed by atoms with Gasteiger partial charge in [0, 0.05) is 11.3 Å². The van der Waals surface area contributed by atoms with Crippen LogP contribution in [-0.4, -0.2) is 43.9 Å². The van der Waals surface area contributed by atoms with Crippen molar-refractivity contribution in [3.8, 4) is 5.75 Å². The van der Waals surface area contributed by atoms with Crippen LogP contribution in [0.3, 0.4) is 0 Å². The van der Waals surface area contributed by atoms with Gasteiger partial charge in [-0.05, 0) is 38.5 Å². The molecule has 1 fully saturated rings. The highest BCUT2D eigenvalue weighted by atomic mass is 32.2. The van der Waals surface area contributed by atoms with E-state index in [4.69, 9.17) is 4.74 Å². The van der Waals surface area contributed by atoms with Gasteiger partial charge in [-0.1, -0.05) is 0 Å². The number of nitrogens with one attached hydrogen (secondary N) is 1. The van der Waals surface area contributed by atoms with Crippen LogP contribution in [0.2, 0.25) is 0 Å². The Morgan fingerprint density at radius 2 is 2.07 bits per heavy atom. The molecule has 2 heterocycles. The predicted molar refractivity (Wildman–Crippen MR) is 101 cm³/mol. The van der Waals surface area contributed by atoms with Gasteiger partial charge in [0.1, 0.15) is 13.1 Å². The van der Waals surface area contributed by atoms with Crippen LogP contribution in [0.15, 0.2) is 18.2 Å². The standard InChI is InChI=1S/C19H26FN3O3S/c1-13-17(14(2)23(21-13)16-7-8-27(24,25)12-16)11-22(3)10-15-5-6-19(26-4)18(20)9-15/h5-6,9,16H,7-8,10-12H2,1-4H3/p+1/t16-/m1/s1. The van der Waals surface area contributed by atoms with Crippen LogP contribution in [-0.2, 0) is 22.9 Å². The highest BCUT2D eigenvalue weighted by Gasteiger charge is 2.31. The molecule has 0 spiro atoms. The molecule has 0 amide bonds. The lowest BCUT2D eigenvalue weighted by atomic mass is 10.1. The van der Waals surface area contributed by atoms with E-state index in [2.05, 4.69) is 12.1 Å². The summed E-state index contributed by atoms with van der Waals surface area (Å²) in [6.45, 7) is 5.37. The fourth-order valence-electron chi connectivity index (χ4n) is 3.81. The summed E-state index contributed by atoms with van der Waals surface area (Å²) in [5, 5.41) is 4.62. The summed E-state index contributed by atoms with van der Waals surface area (Å²) in [6, 6.07) is 4.96. The van der Waals surface area contributed by atoms with Crippen LogP contribution in [0.5, 0.6) is 5.75 Å². The molecular weight excluding hydrogens is 369 g/mol. The first kappa shape index (κ1) is 19.8. The molecule has 1 aliphatic rings. The quantitative estimate of drug-likeness (QED) is 0.798. The minimum absolute atomic E-state index is 0.0709. The van der Waals surface area contributed by atoms with Crippen LogP contribution in [0.4, 0.5) is 4.39 Å². The van der Waals surface area contributed by atoms with Gasteiger partial charge < -0.3 is 9.64 Å². The Morgan fingerprint density at radius 1 is 1.33 bits per heavy atom. The minimum atomic E-state index is -2.95. The molecule has 1 saturated heterocycles. The summed E-state index contributed by atoms with van der Waals surface area (Å²) in [5.41, 5.74) is 3.98. The molecule has 1 aliphatic heterocycles. The van der Waals surface area contributed by atoms with Crippen LogP contribution in [0, 0.1) is 19.7 Å². The molecular formula is C19H27FN3O3S+. The van der Waals surface area contributed by atoms with Crippen molar-refractivity contribution in [2.24, 2.45) is 0 Å². The molecule has 0 aliphatic carbocycles. The Labute approximate surface area is 159 Å². The van der Waals surface area contributed by atoms with Crippen LogP contribution in [0.25, 0.3) is 0 Å². The van der Waals surface area contributed by atoms with Gasteiger partial charge in [-0.3, -0.25) is 4.68 Å². The predicted octanol–water partition coefficient (Wildman–Crippen LogP) is 1.22. The Hall–Kier alpha value is -1.93. The summed E-state index contributed by atoms with van der Waals surface area (Å²) in [7, 11) is 0.557. The second-order valence-corrected chi connectivity index (χ2v) is 9.66. The summed E-state index contributed by atoms with van der Waals surface area (Å²) < 4.78 is 44.3. The average molecular weight is 397 g/mol. The fraction of sp³-hybridized carbons (Fsp3) is 0.526. The Bertz CT molecular complexity index is 940. The van der Waals surface area contributed by atoms with Crippen molar-refractivity contribution >= 4 is 9.84 Å². The van der Waals surface area contributed by atoms with Gasteiger partial charge in [0.2, 0.25) is 0 Å². The van der Waals surface area contributed by atoms with E-state index in [-0.39, 0.29) is 29.1 Å². The number of ether oxygens (including phenoxy) is 1. The molecule has 1 unspecified atom stereocenters. The molecule has 2 atom stereocenters. The van der Waals surface area contributed by atoms with Crippen molar-refractivity contribution in [3.63, 3.8) is 0 Å². The van der Waals surface area contributed by atoms with Gasteiger partial charge in [-0.2, -0.15) is 5.10 Å². The molecule has 3 rings (SSSR count).